The molecule has 0 bridgehead atoms. The Balaban J connectivity index is 2.03. The van der Waals surface area contributed by atoms with Crippen molar-refractivity contribution in [3.05, 3.63) is 63.7 Å². The van der Waals surface area contributed by atoms with E-state index in [2.05, 4.69) is 5.32 Å². The molecule has 0 aliphatic carbocycles. The van der Waals surface area contributed by atoms with E-state index in [1.165, 1.54) is 4.90 Å². The zero-order valence-corrected chi connectivity index (χ0v) is 16.6. The number of aryl methyl sites for hydroxylation is 2. The monoisotopic (exact) mass is 400 g/mol. The molecule has 3 rings (SSSR count). The smallest absolute Gasteiger partial charge is 0.270 e. The largest absolute Gasteiger partial charge is 0.497 e. The van der Waals surface area contributed by atoms with Gasteiger partial charge in [-0.15, -0.1) is 0 Å². The first-order valence-electron chi connectivity index (χ1n) is 8.14. The lowest BCUT2D eigenvalue weighted by Crippen LogP contribution is -2.54. The molecule has 0 spiro atoms. The summed E-state index contributed by atoms with van der Waals surface area (Å²) in [6.45, 7) is 3.74. The van der Waals surface area contributed by atoms with Crippen LogP contribution >= 0.6 is 23.8 Å². The van der Waals surface area contributed by atoms with E-state index in [-0.39, 0.29) is 10.7 Å². The minimum Gasteiger partial charge on any atom is -0.497 e. The molecular weight excluding hydrogens is 384 g/mol. The van der Waals surface area contributed by atoms with Gasteiger partial charge in [-0.1, -0.05) is 23.7 Å². The van der Waals surface area contributed by atoms with E-state index in [1.54, 1.807) is 43.5 Å². The first-order chi connectivity index (χ1) is 12.8. The third kappa shape index (κ3) is 3.72. The lowest BCUT2D eigenvalue weighted by molar-refractivity contribution is -0.122. The van der Waals surface area contributed by atoms with Gasteiger partial charge in [0.25, 0.3) is 11.8 Å². The van der Waals surface area contributed by atoms with Crippen LogP contribution in [0.3, 0.4) is 0 Å². The van der Waals surface area contributed by atoms with Gasteiger partial charge >= 0.3 is 0 Å². The van der Waals surface area contributed by atoms with Gasteiger partial charge in [0.15, 0.2) is 5.11 Å². The average molecular weight is 401 g/mol. The highest BCUT2D eigenvalue weighted by atomic mass is 35.5. The van der Waals surface area contributed by atoms with E-state index in [4.69, 9.17) is 28.6 Å². The van der Waals surface area contributed by atoms with Gasteiger partial charge in [0.2, 0.25) is 0 Å². The number of benzene rings is 2. The van der Waals surface area contributed by atoms with Crippen LogP contribution in [-0.4, -0.2) is 24.0 Å². The maximum atomic E-state index is 13.0. The molecule has 1 aliphatic rings. The van der Waals surface area contributed by atoms with Crippen molar-refractivity contribution in [1.82, 2.24) is 5.32 Å². The molecule has 0 aromatic heterocycles. The third-order valence-electron chi connectivity index (χ3n) is 4.29. The highest BCUT2D eigenvalue weighted by Crippen LogP contribution is 2.27. The van der Waals surface area contributed by atoms with Gasteiger partial charge in [-0.3, -0.25) is 19.8 Å². The molecule has 2 aromatic rings. The van der Waals surface area contributed by atoms with Crippen molar-refractivity contribution in [2.45, 2.75) is 13.8 Å². The van der Waals surface area contributed by atoms with Crippen LogP contribution < -0.4 is 15.0 Å². The maximum absolute atomic E-state index is 13.0. The second-order valence-electron chi connectivity index (χ2n) is 6.11. The number of amides is 2. The van der Waals surface area contributed by atoms with Crippen LogP contribution in [-0.2, 0) is 9.59 Å². The zero-order chi connectivity index (χ0) is 19.7. The van der Waals surface area contributed by atoms with Crippen LogP contribution in [0.1, 0.15) is 16.7 Å². The Morgan fingerprint density at radius 3 is 2.48 bits per heavy atom. The molecule has 1 N–H and O–H groups in total. The van der Waals surface area contributed by atoms with E-state index in [1.807, 2.05) is 19.9 Å². The van der Waals surface area contributed by atoms with Gasteiger partial charge in [0.05, 0.1) is 12.8 Å². The van der Waals surface area contributed by atoms with Crippen molar-refractivity contribution in [1.29, 1.82) is 0 Å². The Labute approximate surface area is 167 Å². The number of halogens is 1. The van der Waals surface area contributed by atoms with Crippen LogP contribution in [0.4, 0.5) is 5.69 Å². The zero-order valence-electron chi connectivity index (χ0n) is 15.0. The number of methoxy groups -OCH3 is 1. The number of hydrogen-bond acceptors (Lipinski definition) is 4. The minimum atomic E-state index is -0.533. The Kier molecular flexibility index (Phi) is 5.30. The Morgan fingerprint density at radius 1 is 1.11 bits per heavy atom. The van der Waals surface area contributed by atoms with Gasteiger partial charge in [-0.05, 0) is 73.1 Å². The standard InChI is InChI=1S/C20H17ClN2O3S/c1-11-4-6-14(10-17(11)21)23-19(25)16(18(24)22-20(23)27)9-13-5-7-15(26-3)8-12(13)2/h4-10H,1-3H3,(H,22,24,27)/b16-9+. The molecule has 1 aliphatic heterocycles. The molecule has 27 heavy (non-hydrogen) atoms. The number of nitrogens with one attached hydrogen (secondary N) is 1. The number of hydrogen-bond donors (Lipinski definition) is 1. The topological polar surface area (TPSA) is 58.6 Å². The minimum absolute atomic E-state index is 0.00596. The van der Waals surface area contributed by atoms with Gasteiger partial charge < -0.3 is 4.74 Å². The summed E-state index contributed by atoms with van der Waals surface area (Å²) in [5.74, 6) is -0.334. The number of rotatable bonds is 3. The van der Waals surface area contributed by atoms with Crippen LogP contribution in [0.5, 0.6) is 5.75 Å². The van der Waals surface area contributed by atoms with Gasteiger partial charge in [0, 0.05) is 5.02 Å². The summed E-state index contributed by atoms with van der Waals surface area (Å²) in [7, 11) is 1.58. The number of anilines is 1. The van der Waals surface area contributed by atoms with Crippen molar-refractivity contribution in [3.63, 3.8) is 0 Å². The van der Waals surface area contributed by atoms with Crippen LogP contribution in [0.15, 0.2) is 42.0 Å². The van der Waals surface area contributed by atoms with E-state index in [0.717, 1.165) is 16.7 Å². The molecule has 2 amide bonds. The van der Waals surface area contributed by atoms with E-state index in [9.17, 15) is 9.59 Å². The fourth-order valence-corrected chi connectivity index (χ4v) is 3.16. The predicted octanol–water partition coefficient (Wildman–Crippen LogP) is 3.80. The van der Waals surface area contributed by atoms with Crippen molar-refractivity contribution in [2.24, 2.45) is 0 Å². The molecule has 1 saturated heterocycles. The SMILES string of the molecule is COc1ccc(/C=C2\C(=O)NC(=S)N(c3ccc(C)c(Cl)c3)C2=O)c(C)c1. The summed E-state index contributed by atoms with van der Waals surface area (Å²) in [5, 5.41) is 3.10. The molecule has 0 atom stereocenters. The highest BCUT2D eigenvalue weighted by Gasteiger charge is 2.34. The first-order valence-corrected chi connectivity index (χ1v) is 8.92. The first kappa shape index (κ1) is 19.1. The quantitative estimate of drug-likeness (QED) is 0.483. The normalized spacial score (nSPS) is 15.9. The molecule has 2 aromatic carbocycles. The number of nitrogens with zero attached hydrogens (tertiary/aromatic N) is 1. The summed E-state index contributed by atoms with van der Waals surface area (Å²) in [6.07, 6.45) is 1.55. The Morgan fingerprint density at radius 2 is 1.85 bits per heavy atom. The Hall–Kier alpha value is -2.70. The molecular formula is C20H17ClN2O3S. The van der Waals surface area contributed by atoms with Crippen molar-refractivity contribution < 1.29 is 14.3 Å². The summed E-state index contributed by atoms with van der Waals surface area (Å²) >= 11 is 11.4. The molecule has 1 fully saturated rings. The van der Waals surface area contributed by atoms with Crippen molar-refractivity contribution in [2.75, 3.05) is 12.0 Å². The lowest BCUT2D eigenvalue weighted by atomic mass is 10.0. The average Bonchev–Trinajstić information content (AvgIpc) is 2.62. The second-order valence-corrected chi connectivity index (χ2v) is 6.91. The molecule has 1 heterocycles. The maximum Gasteiger partial charge on any atom is 0.270 e. The van der Waals surface area contributed by atoms with Crippen LogP contribution in [0, 0.1) is 13.8 Å². The molecule has 7 heteroatoms. The van der Waals surface area contributed by atoms with Gasteiger partial charge in [-0.2, -0.15) is 0 Å². The summed E-state index contributed by atoms with van der Waals surface area (Å²) in [6, 6.07) is 10.6. The van der Waals surface area contributed by atoms with Crippen LogP contribution in [0.25, 0.3) is 6.08 Å². The third-order valence-corrected chi connectivity index (χ3v) is 4.98. The molecule has 138 valence electrons. The summed E-state index contributed by atoms with van der Waals surface area (Å²) in [5.41, 5.74) is 2.99. The predicted molar refractivity (Wildman–Crippen MR) is 110 cm³/mol. The lowest BCUT2D eigenvalue weighted by Gasteiger charge is -2.29. The molecule has 5 nitrogen and oxygen atoms in total. The number of thiocarbonyl (C=S) groups is 1. The van der Waals surface area contributed by atoms with Gasteiger partial charge in [-0.25, -0.2) is 0 Å². The van der Waals surface area contributed by atoms with Crippen molar-refractivity contribution in [3.8, 4) is 5.75 Å². The van der Waals surface area contributed by atoms with E-state index < -0.39 is 11.8 Å². The van der Waals surface area contributed by atoms with Gasteiger partial charge in [0.1, 0.15) is 11.3 Å². The fourth-order valence-electron chi connectivity index (χ4n) is 2.71. The number of carbonyl (C=O) groups excluding carboxylic acids is 2. The van der Waals surface area contributed by atoms with E-state index >= 15 is 0 Å². The Bertz CT molecular complexity index is 1000. The highest BCUT2D eigenvalue weighted by molar-refractivity contribution is 7.80. The van der Waals surface area contributed by atoms with Crippen LogP contribution in [0.2, 0.25) is 5.02 Å². The van der Waals surface area contributed by atoms with E-state index in [0.29, 0.717) is 16.5 Å². The number of carbonyl (C=O) groups is 2. The fraction of sp³-hybridized carbons (Fsp3) is 0.150. The number of ether oxygens (including phenoxy) is 1. The van der Waals surface area contributed by atoms with Crippen molar-refractivity contribution >= 4 is 52.5 Å². The second kappa shape index (κ2) is 7.50. The summed E-state index contributed by atoms with van der Waals surface area (Å²) < 4.78 is 5.19. The molecule has 0 saturated carbocycles. The molecule has 0 unspecified atom stereocenters. The molecule has 0 radical (unpaired) electrons. The summed E-state index contributed by atoms with van der Waals surface area (Å²) in [4.78, 5) is 26.7.